The molecule has 0 aliphatic carbocycles. The lowest BCUT2D eigenvalue weighted by atomic mass is 10.1. The predicted octanol–water partition coefficient (Wildman–Crippen LogP) is 5.20. The van der Waals surface area contributed by atoms with Crippen molar-refractivity contribution >= 4 is 23.5 Å². The fraction of sp³-hybridized carbons (Fsp3) is 0.217. The molecule has 1 heterocycles. The Bertz CT molecular complexity index is 1010. The smallest absolute Gasteiger partial charge is 0.355 e. The van der Waals surface area contributed by atoms with Gasteiger partial charge in [-0.3, -0.25) is 0 Å². The molecule has 6 heteroatoms. The van der Waals surface area contributed by atoms with Crippen molar-refractivity contribution in [1.82, 2.24) is 4.57 Å². The average molecular weight is 412 g/mol. The van der Waals surface area contributed by atoms with Crippen LogP contribution < -0.4 is 0 Å². The molecule has 1 aromatic heterocycles. The molecular weight excluding hydrogens is 390 g/mol. The summed E-state index contributed by atoms with van der Waals surface area (Å²) in [6.45, 7) is 4.27. The van der Waals surface area contributed by atoms with Gasteiger partial charge in [-0.15, -0.1) is 0 Å². The van der Waals surface area contributed by atoms with Gasteiger partial charge in [0.2, 0.25) is 0 Å². The highest BCUT2D eigenvalue weighted by atomic mass is 35.5. The van der Waals surface area contributed by atoms with Crippen molar-refractivity contribution in [3.63, 3.8) is 0 Å². The molecule has 0 bridgehead atoms. The summed E-state index contributed by atoms with van der Waals surface area (Å²) in [5.41, 5.74) is 3.72. The van der Waals surface area contributed by atoms with Crippen molar-refractivity contribution in [1.29, 1.82) is 0 Å². The molecule has 0 aliphatic heterocycles. The lowest BCUT2D eigenvalue weighted by Crippen LogP contribution is -2.14. The van der Waals surface area contributed by atoms with Crippen LogP contribution >= 0.6 is 11.6 Å². The van der Waals surface area contributed by atoms with E-state index in [-0.39, 0.29) is 0 Å². The molecule has 1 atom stereocenters. The fourth-order valence-electron chi connectivity index (χ4n) is 3.04. The third-order valence-corrected chi connectivity index (χ3v) is 4.85. The Kier molecular flexibility index (Phi) is 6.39. The monoisotopic (exact) mass is 411 g/mol. The quantitative estimate of drug-likeness (QED) is 0.523. The van der Waals surface area contributed by atoms with E-state index in [2.05, 4.69) is 0 Å². The molecule has 0 saturated carbocycles. The second-order valence-electron chi connectivity index (χ2n) is 6.82. The molecule has 0 fully saturated rings. The van der Waals surface area contributed by atoms with Crippen LogP contribution in [0.3, 0.4) is 0 Å². The van der Waals surface area contributed by atoms with Crippen LogP contribution in [0.25, 0.3) is 0 Å². The molecular formula is C23H22ClNO4. The summed E-state index contributed by atoms with van der Waals surface area (Å²) in [7, 11) is 1.34. The summed E-state index contributed by atoms with van der Waals surface area (Å²) >= 11 is 5.94. The van der Waals surface area contributed by atoms with E-state index in [0.717, 1.165) is 16.7 Å². The van der Waals surface area contributed by atoms with Crippen molar-refractivity contribution in [2.24, 2.45) is 0 Å². The Morgan fingerprint density at radius 1 is 1.03 bits per heavy atom. The van der Waals surface area contributed by atoms with E-state index in [1.54, 1.807) is 31.2 Å². The van der Waals surface area contributed by atoms with Gasteiger partial charge >= 0.3 is 11.9 Å². The maximum Gasteiger partial charge on any atom is 0.355 e. The number of hydrogen-bond acceptors (Lipinski definition) is 4. The Morgan fingerprint density at radius 3 is 2.31 bits per heavy atom. The molecule has 3 rings (SSSR count). The zero-order valence-electron chi connectivity index (χ0n) is 16.5. The molecule has 0 amide bonds. The van der Waals surface area contributed by atoms with Crippen molar-refractivity contribution in [3.8, 4) is 0 Å². The number of methoxy groups -OCH3 is 1. The van der Waals surface area contributed by atoms with Gasteiger partial charge in [0, 0.05) is 17.8 Å². The lowest BCUT2D eigenvalue weighted by molar-refractivity contribution is 0.0325. The van der Waals surface area contributed by atoms with E-state index in [9.17, 15) is 9.59 Å². The van der Waals surface area contributed by atoms with E-state index in [1.807, 2.05) is 48.0 Å². The standard InChI is InChI=1S/C23H22ClNO4/c1-15-12-21(25(13-15)14-17-4-10-20(24)11-5-17)23(27)29-16(2)18-6-8-19(9-7-18)22(26)28-3/h4-13,16H,14H2,1-3H3/t16-/m0/s1. The first-order valence-corrected chi connectivity index (χ1v) is 9.55. The number of nitrogens with zero attached hydrogens (tertiary/aromatic N) is 1. The number of benzene rings is 2. The molecule has 0 saturated heterocycles. The number of aromatic nitrogens is 1. The van der Waals surface area contributed by atoms with Gasteiger partial charge in [0.25, 0.3) is 0 Å². The minimum atomic E-state index is -0.464. The van der Waals surface area contributed by atoms with Gasteiger partial charge in [-0.05, 0) is 60.9 Å². The van der Waals surface area contributed by atoms with Crippen molar-refractivity contribution in [2.45, 2.75) is 26.5 Å². The highest BCUT2D eigenvalue weighted by molar-refractivity contribution is 6.30. The Morgan fingerprint density at radius 2 is 1.69 bits per heavy atom. The van der Waals surface area contributed by atoms with Crippen LogP contribution in [0.5, 0.6) is 0 Å². The molecule has 2 aromatic carbocycles. The topological polar surface area (TPSA) is 57.5 Å². The zero-order chi connectivity index (χ0) is 21.0. The van der Waals surface area contributed by atoms with Gasteiger partial charge in [0.15, 0.2) is 0 Å². The molecule has 3 aromatic rings. The number of halogens is 1. The Hall–Kier alpha value is -3.05. The van der Waals surface area contributed by atoms with Gasteiger partial charge in [0.05, 0.1) is 12.7 Å². The molecule has 0 N–H and O–H groups in total. The van der Waals surface area contributed by atoms with Crippen molar-refractivity contribution < 1.29 is 19.1 Å². The Balaban J connectivity index is 1.73. The third-order valence-electron chi connectivity index (χ3n) is 4.59. The van der Waals surface area contributed by atoms with Crippen LogP contribution in [0.1, 0.15) is 50.6 Å². The van der Waals surface area contributed by atoms with Gasteiger partial charge in [-0.25, -0.2) is 9.59 Å². The summed E-state index contributed by atoms with van der Waals surface area (Å²) in [6, 6.07) is 16.1. The first-order chi connectivity index (χ1) is 13.9. The molecule has 5 nitrogen and oxygen atoms in total. The van der Waals surface area contributed by atoms with Crippen LogP contribution in [0.15, 0.2) is 60.8 Å². The van der Waals surface area contributed by atoms with Crippen molar-refractivity contribution in [3.05, 3.63) is 93.8 Å². The molecule has 0 aliphatic rings. The van der Waals surface area contributed by atoms with Crippen LogP contribution in [-0.2, 0) is 16.0 Å². The SMILES string of the molecule is COC(=O)c1ccc([C@H](C)OC(=O)c2cc(C)cn2Cc2ccc(Cl)cc2)cc1. The molecule has 0 spiro atoms. The van der Waals surface area contributed by atoms with E-state index in [1.165, 1.54) is 7.11 Å². The second kappa shape index (κ2) is 8.97. The average Bonchev–Trinajstić information content (AvgIpc) is 3.09. The number of rotatable bonds is 6. The zero-order valence-corrected chi connectivity index (χ0v) is 17.3. The number of aryl methyl sites for hydroxylation is 1. The third kappa shape index (κ3) is 5.06. The van der Waals surface area contributed by atoms with E-state index in [4.69, 9.17) is 21.1 Å². The number of esters is 2. The summed E-state index contributed by atoms with van der Waals surface area (Å²) in [4.78, 5) is 24.3. The largest absolute Gasteiger partial charge is 0.465 e. The minimum absolute atomic E-state index is 0.406. The van der Waals surface area contributed by atoms with E-state index < -0.39 is 18.0 Å². The fourth-order valence-corrected chi connectivity index (χ4v) is 3.17. The maximum absolute atomic E-state index is 12.8. The van der Waals surface area contributed by atoms with E-state index in [0.29, 0.717) is 22.8 Å². The van der Waals surface area contributed by atoms with Crippen LogP contribution in [0.4, 0.5) is 0 Å². The summed E-state index contributed by atoms with van der Waals surface area (Å²) < 4.78 is 12.2. The number of carbonyl (C=O) groups excluding carboxylic acids is 2. The molecule has 0 unspecified atom stereocenters. The van der Waals surface area contributed by atoms with Gasteiger partial charge in [0.1, 0.15) is 11.8 Å². The number of ether oxygens (including phenoxy) is 2. The predicted molar refractivity (Wildman–Crippen MR) is 111 cm³/mol. The molecule has 150 valence electrons. The van der Waals surface area contributed by atoms with Crippen LogP contribution in [0.2, 0.25) is 5.02 Å². The van der Waals surface area contributed by atoms with Gasteiger partial charge in [-0.2, -0.15) is 0 Å². The van der Waals surface area contributed by atoms with Gasteiger partial charge < -0.3 is 14.0 Å². The summed E-state index contributed by atoms with van der Waals surface area (Å²) in [5, 5.41) is 0.670. The lowest BCUT2D eigenvalue weighted by Gasteiger charge is -2.15. The number of hydrogen-bond donors (Lipinski definition) is 0. The first kappa shape index (κ1) is 20.7. The molecule has 29 heavy (non-hydrogen) atoms. The van der Waals surface area contributed by atoms with Gasteiger partial charge in [-0.1, -0.05) is 35.9 Å². The minimum Gasteiger partial charge on any atom is -0.465 e. The first-order valence-electron chi connectivity index (χ1n) is 9.18. The van der Waals surface area contributed by atoms with Crippen LogP contribution in [-0.4, -0.2) is 23.6 Å². The van der Waals surface area contributed by atoms with Crippen molar-refractivity contribution in [2.75, 3.05) is 7.11 Å². The summed E-state index contributed by atoms with van der Waals surface area (Å²) in [5.74, 6) is -0.812. The summed E-state index contributed by atoms with van der Waals surface area (Å²) in [6.07, 6.45) is 1.45. The second-order valence-corrected chi connectivity index (χ2v) is 7.25. The molecule has 0 radical (unpaired) electrons. The number of carbonyl (C=O) groups is 2. The van der Waals surface area contributed by atoms with Crippen LogP contribution in [0, 0.1) is 6.92 Å². The maximum atomic E-state index is 12.8. The normalized spacial score (nSPS) is 11.7. The Labute approximate surface area is 174 Å². The highest BCUT2D eigenvalue weighted by Crippen LogP contribution is 2.21. The van der Waals surface area contributed by atoms with E-state index >= 15 is 0 Å². The highest BCUT2D eigenvalue weighted by Gasteiger charge is 2.18.